The lowest BCUT2D eigenvalue weighted by atomic mass is 9.80. The van der Waals surface area contributed by atoms with Gasteiger partial charge in [-0.15, -0.1) is 0 Å². The van der Waals surface area contributed by atoms with Gasteiger partial charge in [0.15, 0.2) is 0 Å². The van der Waals surface area contributed by atoms with E-state index in [-0.39, 0.29) is 11.8 Å². The lowest BCUT2D eigenvalue weighted by Crippen LogP contribution is -2.22. The maximum absolute atomic E-state index is 12.3. The number of hydrogen-bond donors (Lipinski definition) is 2. The molecule has 1 saturated carbocycles. The molecule has 0 atom stereocenters. The zero-order chi connectivity index (χ0) is 16.9. The smallest absolute Gasteiger partial charge is 0.255 e. The highest BCUT2D eigenvalue weighted by atomic mass is 16.2. The van der Waals surface area contributed by atoms with Crippen molar-refractivity contribution in [2.45, 2.75) is 32.1 Å². The number of nitrogens with one attached hydrogen (secondary N) is 2. The van der Waals surface area contributed by atoms with Crippen LogP contribution in [-0.4, -0.2) is 18.4 Å². The van der Waals surface area contributed by atoms with Gasteiger partial charge in [-0.05, 0) is 67.6 Å². The van der Waals surface area contributed by atoms with E-state index in [1.165, 1.54) is 24.8 Å². The van der Waals surface area contributed by atoms with E-state index in [0.29, 0.717) is 29.3 Å². The molecular formula is C20H22N2O2. The molecule has 1 aliphatic rings. The monoisotopic (exact) mass is 322 g/mol. The van der Waals surface area contributed by atoms with Crippen LogP contribution in [0.5, 0.6) is 0 Å². The molecule has 4 nitrogen and oxygen atoms in total. The minimum absolute atomic E-state index is 0.109. The maximum Gasteiger partial charge on any atom is 0.255 e. The summed E-state index contributed by atoms with van der Waals surface area (Å²) in [5, 5.41) is 5.61. The molecule has 0 bridgehead atoms. The lowest BCUT2D eigenvalue weighted by molar-refractivity contribution is 0.0955. The topological polar surface area (TPSA) is 58.2 Å². The molecular weight excluding hydrogens is 300 g/mol. The van der Waals surface area contributed by atoms with Gasteiger partial charge in [0, 0.05) is 23.4 Å². The maximum atomic E-state index is 12.3. The van der Waals surface area contributed by atoms with Gasteiger partial charge in [0.25, 0.3) is 11.8 Å². The van der Waals surface area contributed by atoms with Gasteiger partial charge in [0.2, 0.25) is 0 Å². The molecule has 2 N–H and O–H groups in total. The Morgan fingerprint density at radius 3 is 2.04 bits per heavy atom. The van der Waals surface area contributed by atoms with Gasteiger partial charge in [-0.2, -0.15) is 0 Å². The normalized spacial score (nSPS) is 13.9. The Labute approximate surface area is 142 Å². The van der Waals surface area contributed by atoms with Crippen molar-refractivity contribution in [1.82, 2.24) is 5.32 Å². The molecule has 3 rings (SSSR count). The Morgan fingerprint density at radius 1 is 0.917 bits per heavy atom. The van der Waals surface area contributed by atoms with Crippen LogP contribution in [0.2, 0.25) is 0 Å². The first-order chi connectivity index (χ1) is 11.7. The summed E-state index contributed by atoms with van der Waals surface area (Å²) in [5.41, 5.74) is 3.23. The summed E-state index contributed by atoms with van der Waals surface area (Å²) in [4.78, 5) is 24.0. The fourth-order valence-electron chi connectivity index (χ4n) is 2.82. The zero-order valence-corrected chi connectivity index (χ0v) is 13.8. The predicted molar refractivity (Wildman–Crippen MR) is 95.4 cm³/mol. The Bertz CT molecular complexity index is 716. The summed E-state index contributed by atoms with van der Waals surface area (Å²) in [5.74, 6) is 0.423. The highest BCUT2D eigenvalue weighted by molar-refractivity contribution is 6.04. The molecule has 0 heterocycles. The van der Waals surface area contributed by atoms with E-state index in [9.17, 15) is 9.59 Å². The van der Waals surface area contributed by atoms with Gasteiger partial charge in [0.05, 0.1) is 0 Å². The number of benzene rings is 2. The average molecular weight is 322 g/mol. The van der Waals surface area contributed by atoms with Crippen LogP contribution < -0.4 is 10.6 Å². The van der Waals surface area contributed by atoms with Crippen molar-refractivity contribution < 1.29 is 9.59 Å². The van der Waals surface area contributed by atoms with E-state index in [4.69, 9.17) is 0 Å². The standard InChI is InChI=1S/C20H22N2O2/c1-2-21-19(23)16-10-12-18(13-11-16)22-20(24)17-8-6-15(7-9-17)14-4-3-5-14/h6-14H,2-5H2,1H3,(H,21,23)(H,22,24). The summed E-state index contributed by atoms with van der Waals surface area (Å²) in [6, 6.07) is 14.8. The van der Waals surface area contributed by atoms with Crippen molar-refractivity contribution in [2.24, 2.45) is 0 Å². The second-order valence-corrected chi connectivity index (χ2v) is 6.14. The van der Waals surface area contributed by atoms with Crippen LogP contribution in [-0.2, 0) is 0 Å². The SMILES string of the molecule is CCNC(=O)c1ccc(NC(=O)c2ccc(C3CCC3)cc2)cc1. The fourth-order valence-corrected chi connectivity index (χ4v) is 2.82. The molecule has 124 valence electrons. The van der Waals surface area contributed by atoms with E-state index in [0.717, 1.165) is 0 Å². The molecule has 24 heavy (non-hydrogen) atoms. The molecule has 4 heteroatoms. The fraction of sp³-hybridized carbons (Fsp3) is 0.300. The van der Waals surface area contributed by atoms with E-state index in [1.807, 2.05) is 19.1 Å². The molecule has 0 aromatic heterocycles. The van der Waals surface area contributed by atoms with Crippen molar-refractivity contribution in [3.8, 4) is 0 Å². The summed E-state index contributed by atoms with van der Waals surface area (Å²) in [7, 11) is 0. The van der Waals surface area contributed by atoms with E-state index < -0.39 is 0 Å². The van der Waals surface area contributed by atoms with E-state index in [2.05, 4.69) is 22.8 Å². The van der Waals surface area contributed by atoms with Crippen LogP contribution in [0.3, 0.4) is 0 Å². The van der Waals surface area contributed by atoms with Crippen LogP contribution in [0.25, 0.3) is 0 Å². The number of hydrogen-bond acceptors (Lipinski definition) is 2. The summed E-state index contributed by atoms with van der Waals surface area (Å²) < 4.78 is 0. The zero-order valence-electron chi connectivity index (χ0n) is 13.8. The molecule has 0 aliphatic heterocycles. The first-order valence-electron chi connectivity index (χ1n) is 8.47. The summed E-state index contributed by atoms with van der Waals surface area (Å²) >= 11 is 0. The van der Waals surface area contributed by atoms with Crippen molar-refractivity contribution >= 4 is 17.5 Å². The number of rotatable bonds is 5. The highest BCUT2D eigenvalue weighted by Crippen LogP contribution is 2.36. The van der Waals surface area contributed by atoms with Crippen LogP contribution in [0.15, 0.2) is 48.5 Å². The van der Waals surface area contributed by atoms with Crippen molar-refractivity contribution in [3.63, 3.8) is 0 Å². The van der Waals surface area contributed by atoms with Crippen LogP contribution >= 0.6 is 0 Å². The van der Waals surface area contributed by atoms with Crippen molar-refractivity contribution in [3.05, 3.63) is 65.2 Å². The molecule has 2 aromatic rings. The number of amides is 2. The number of carbonyl (C=O) groups excluding carboxylic acids is 2. The Kier molecular flexibility index (Phi) is 4.94. The average Bonchev–Trinajstić information content (AvgIpc) is 2.55. The third-order valence-electron chi connectivity index (χ3n) is 4.49. The van der Waals surface area contributed by atoms with E-state index >= 15 is 0 Å². The Hall–Kier alpha value is -2.62. The van der Waals surface area contributed by atoms with Crippen LogP contribution in [0, 0.1) is 0 Å². The molecule has 0 radical (unpaired) electrons. The van der Waals surface area contributed by atoms with Crippen LogP contribution in [0.4, 0.5) is 5.69 Å². The van der Waals surface area contributed by atoms with Gasteiger partial charge in [-0.3, -0.25) is 9.59 Å². The van der Waals surface area contributed by atoms with Gasteiger partial charge in [0.1, 0.15) is 0 Å². The molecule has 0 unspecified atom stereocenters. The molecule has 0 saturated heterocycles. The van der Waals surface area contributed by atoms with Gasteiger partial charge in [-0.1, -0.05) is 18.6 Å². The quantitative estimate of drug-likeness (QED) is 0.875. The second-order valence-electron chi connectivity index (χ2n) is 6.14. The first kappa shape index (κ1) is 16.2. The van der Waals surface area contributed by atoms with Crippen molar-refractivity contribution in [1.29, 1.82) is 0 Å². The first-order valence-corrected chi connectivity index (χ1v) is 8.47. The molecule has 0 spiro atoms. The van der Waals surface area contributed by atoms with Gasteiger partial charge in [-0.25, -0.2) is 0 Å². The predicted octanol–water partition coefficient (Wildman–Crippen LogP) is 3.96. The number of carbonyl (C=O) groups is 2. The van der Waals surface area contributed by atoms with E-state index in [1.54, 1.807) is 24.3 Å². The Balaban J connectivity index is 1.62. The molecule has 2 aromatic carbocycles. The lowest BCUT2D eigenvalue weighted by Gasteiger charge is -2.25. The summed E-state index contributed by atoms with van der Waals surface area (Å²) in [6.07, 6.45) is 3.81. The third-order valence-corrected chi connectivity index (χ3v) is 4.49. The number of anilines is 1. The molecule has 1 aliphatic carbocycles. The highest BCUT2D eigenvalue weighted by Gasteiger charge is 2.19. The Morgan fingerprint density at radius 2 is 1.50 bits per heavy atom. The van der Waals surface area contributed by atoms with Gasteiger partial charge < -0.3 is 10.6 Å². The minimum atomic E-state index is -0.138. The molecule has 1 fully saturated rings. The minimum Gasteiger partial charge on any atom is -0.352 e. The third kappa shape index (κ3) is 3.65. The largest absolute Gasteiger partial charge is 0.352 e. The van der Waals surface area contributed by atoms with Gasteiger partial charge >= 0.3 is 0 Å². The molecule has 2 amide bonds. The summed E-state index contributed by atoms with van der Waals surface area (Å²) in [6.45, 7) is 2.47. The van der Waals surface area contributed by atoms with Crippen molar-refractivity contribution in [2.75, 3.05) is 11.9 Å². The second kappa shape index (κ2) is 7.30. The van der Waals surface area contributed by atoms with Crippen LogP contribution in [0.1, 0.15) is 58.4 Å².